The van der Waals surface area contributed by atoms with E-state index in [2.05, 4.69) is 20.1 Å². The van der Waals surface area contributed by atoms with Gasteiger partial charge in [-0.2, -0.15) is 18.2 Å². The Morgan fingerprint density at radius 1 is 1.09 bits per heavy atom. The molecule has 9 heteroatoms. The lowest BCUT2D eigenvalue weighted by atomic mass is 9.82. The molecule has 124 valence electrons. The zero-order chi connectivity index (χ0) is 16.4. The van der Waals surface area contributed by atoms with Gasteiger partial charge in [-0.1, -0.05) is 5.16 Å². The van der Waals surface area contributed by atoms with Crippen LogP contribution in [0.15, 0.2) is 16.9 Å². The van der Waals surface area contributed by atoms with Gasteiger partial charge in [0.1, 0.15) is 0 Å². The molecule has 0 bridgehead atoms. The van der Waals surface area contributed by atoms with Crippen molar-refractivity contribution in [1.82, 2.24) is 20.1 Å². The van der Waals surface area contributed by atoms with Gasteiger partial charge in [0.15, 0.2) is 0 Å². The van der Waals surface area contributed by atoms with Crippen molar-refractivity contribution in [2.24, 2.45) is 11.7 Å². The summed E-state index contributed by atoms with van der Waals surface area (Å²) < 4.78 is 42.7. The fourth-order valence-corrected chi connectivity index (χ4v) is 2.73. The third-order valence-electron chi connectivity index (χ3n) is 4.15. The second-order valence-electron chi connectivity index (χ2n) is 5.70. The number of hydrogen-bond donors (Lipinski definition) is 1. The summed E-state index contributed by atoms with van der Waals surface area (Å²) in [6.45, 7) is 0.682. The van der Waals surface area contributed by atoms with E-state index in [-0.39, 0.29) is 17.6 Å². The molecule has 2 aromatic heterocycles. The van der Waals surface area contributed by atoms with Crippen LogP contribution < -0.4 is 5.73 Å². The summed E-state index contributed by atoms with van der Waals surface area (Å²) in [6, 6.07) is 0. The summed E-state index contributed by atoms with van der Waals surface area (Å²) in [5, 5.41) is 3.78. The molecular weight excluding hydrogens is 311 g/mol. The van der Waals surface area contributed by atoms with Gasteiger partial charge in [0.2, 0.25) is 17.5 Å². The third-order valence-corrected chi connectivity index (χ3v) is 4.15. The maximum Gasteiger partial charge on any atom is 0.419 e. The summed E-state index contributed by atoms with van der Waals surface area (Å²) in [6.07, 6.45) is 0.804. The van der Waals surface area contributed by atoms with Crippen molar-refractivity contribution in [1.29, 1.82) is 0 Å². The standard InChI is InChI=1S/C14H16F3N5O/c15-14(16,17)10-6-19-11(20-7-10)12-21-13(23-22-12)9-3-1-8(5-18)2-4-9/h6-9H,1-5,18H2/t8-,9-. The Hall–Kier alpha value is -2.03. The smallest absolute Gasteiger partial charge is 0.339 e. The van der Waals surface area contributed by atoms with Crippen LogP contribution in [0.1, 0.15) is 43.1 Å². The Morgan fingerprint density at radius 2 is 1.74 bits per heavy atom. The Morgan fingerprint density at radius 3 is 2.30 bits per heavy atom. The minimum atomic E-state index is -4.47. The van der Waals surface area contributed by atoms with Gasteiger partial charge in [-0.3, -0.25) is 0 Å². The van der Waals surface area contributed by atoms with E-state index in [1.807, 2.05) is 0 Å². The molecule has 1 fully saturated rings. The molecule has 2 aromatic rings. The second kappa shape index (κ2) is 6.23. The predicted octanol–water partition coefficient (Wildman–Crippen LogP) is 2.78. The van der Waals surface area contributed by atoms with Gasteiger partial charge in [-0.05, 0) is 38.1 Å². The van der Waals surface area contributed by atoms with Crippen LogP contribution in [-0.4, -0.2) is 26.7 Å². The topological polar surface area (TPSA) is 90.7 Å². The highest BCUT2D eigenvalue weighted by Gasteiger charge is 2.32. The summed E-state index contributed by atoms with van der Waals surface area (Å²) in [5.74, 6) is 1.30. The molecule has 23 heavy (non-hydrogen) atoms. The lowest BCUT2D eigenvalue weighted by Gasteiger charge is -2.24. The quantitative estimate of drug-likeness (QED) is 0.932. The monoisotopic (exact) mass is 327 g/mol. The molecule has 0 atom stereocenters. The van der Waals surface area contributed by atoms with Crippen molar-refractivity contribution < 1.29 is 17.7 Å². The first kappa shape index (κ1) is 15.9. The fraction of sp³-hybridized carbons (Fsp3) is 0.571. The zero-order valence-electron chi connectivity index (χ0n) is 12.3. The van der Waals surface area contributed by atoms with Crippen molar-refractivity contribution in [3.8, 4) is 11.6 Å². The van der Waals surface area contributed by atoms with E-state index in [0.717, 1.165) is 25.7 Å². The largest absolute Gasteiger partial charge is 0.419 e. The third kappa shape index (κ3) is 3.49. The van der Waals surface area contributed by atoms with Crippen LogP contribution in [0, 0.1) is 5.92 Å². The highest BCUT2D eigenvalue weighted by Crippen LogP contribution is 2.35. The zero-order valence-corrected chi connectivity index (χ0v) is 12.3. The van der Waals surface area contributed by atoms with E-state index >= 15 is 0 Å². The maximum absolute atomic E-state index is 12.5. The van der Waals surface area contributed by atoms with Crippen LogP contribution in [0.3, 0.4) is 0 Å². The van der Waals surface area contributed by atoms with Crippen LogP contribution in [0.2, 0.25) is 0 Å². The number of aromatic nitrogens is 4. The summed E-state index contributed by atoms with van der Waals surface area (Å²) in [5.41, 5.74) is 4.75. The highest BCUT2D eigenvalue weighted by molar-refractivity contribution is 5.41. The van der Waals surface area contributed by atoms with Gasteiger partial charge in [0, 0.05) is 18.3 Å². The number of halogens is 3. The maximum atomic E-state index is 12.5. The molecule has 1 aliphatic rings. The number of rotatable bonds is 3. The normalized spacial score (nSPS) is 22.3. The van der Waals surface area contributed by atoms with Crippen LogP contribution in [-0.2, 0) is 6.18 Å². The summed E-state index contributed by atoms with van der Waals surface area (Å²) in [4.78, 5) is 11.6. The van der Waals surface area contributed by atoms with Crippen LogP contribution in [0.5, 0.6) is 0 Å². The van der Waals surface area contributed by atoms with E-state index < -0.39 is 11.7 Å². The molecule has 2 N–H and O–H groups in total. The molecule has 0 spiro atoms. The van der Waals surface area contributed by atoms with Crippen molar-refractivity contribution in [2.45, 2.75) is 37.8 Å². The molecule has 6 nitrogen and oxygen atoms in total. The van der Waals surface area contributed by atoms with Gasteiger partial charge in [-0.25, -0.2) is 9.97 Å². The molecule has 0 aromatic carbocycles. The molecule has 0 saturated heterocycles. The molecule has 0 unspecified atom stereocenters. The first-order chi connectivity index (χ1) is 11.0. The molecule has 3 rings (SSSR count). The fourth-order valence-electron chi connectivity index (χ4n) is 2.73. The van der Waals surface area contributed by atoms with Crippen molar-refractivity contribution in [3.05, 3.63) is 23.8 Å². The van der Waals surface area contributed by atoms with Crippen molar-refractivity contribution in [2.75, 3.05) is 6.54 Å². The van der Waals surface area contributed by atoms with Crippen molar-refractivity contribution >= 4 is 0 Å². The first-order valence-electron chi connectivity index (χ1n) is 7.40. The van der Waals surface area contributed by atoms with Gasteiger partial charge < -0.3 is 10.3 Å². The van der Waals surface area contributed by atoms with E-state index in [1.54, 1.807) is 0 Å². The molecule has 0 aliphatic heterocycles. The average molecular weight is 327 g/mol. The number of hydrogen-bond acceptors (Lipinski definition) is 6. The van der Waals surface area contributed by atoms with Crippen LogP contribution in [0.25, 0.3) is 11.6 Å². The lowest BCUT2D eigenvalue weighted by molar-refractivity contribution is -0.138. The minimum Gasteiger partial charge on any atom is -0.339 e. The van der Waals surface area contributed by atoms with Gasteiger partial charge in [0.05, 0.1) is 5.56 Å². The predicted molar refractivity (Wildman–Crippen MR) is 74.1 cm³/mol. The number of nitrogens with zero attached hydrogens (tertiary/aromatic N) is 4. The summed E-state index contributed by atoms with van der Waals surface area (Å²) in [7, 11) is 0. The lowest BCUT2D eigenvalue weighted by Crippen LogP contribution is -2.20. The van der Waals surface area contributed by atoms with Crippen LogP contribution in [0.4, 0.5) is 13.2 Å². The summed E-state index contributed by atoms with van der Waals surface area (Å²) >= 11 is 0. The van der Waals surface area contributed by atoms with E-state index in [0.29, 0.717) is 30.7 Å². The Kier molecular flexibility index (Phi) is 4.29. The Bertz CT molecular complexity index is 647. The molecule has 0 radical (unpaired) electrons. The average Bonchev–Trinajstić information content (AvgIpc) is 3.04. The van der Waals surface area contributed by atoms with Gasteiger partial charge in [-0.15, -0.1) is 0 Å². The van der Waals surface area contributed by atoms with Crippen molar-refractivity contribution in [3.63, 3.8) is 0 Å². The molecular formula is C14H16F3N5O. The van der Waals surface area contributed by atoms with Crippen LogP contribution >= 0.6 is 0 Å². The Balaban J connectivity index is 1.72. The minimum absolute atomic E-state index is 0.0173. The van der Waals surface area contributed by atoms with E-state index in [9.17, 15) is 13.2 Å². The number of nitrogens with two attached hydrogens (primary N) is 1. The first-order valence-corrected chi connectivity index (χ1v) is 7.40. The van der Waals surface area contributed by atoms with E-state index in [1.165, 1.54) is 0 Å². The molecule has 0 amide bonds. The van der Waals surface area contributed by atoms with Gasteiger partial charge >= 0.3 is 6.18 Å². The number of alkyl halides is 3. The second-order valence-corrected chi connectivity index (χ2v) is 5.70. The Labute approximate surface area is 130 Å². The van der Waals surface area contributed by atoms with E-state index in [4.69, 9.17) is 10.3 Å². The highest BCUT2D eigenvalue weighted by atomic mass is 19.4. The molecule has 1 aliphatic carbocycles. The van der Waals surface area contributed by atoms with Gasteiger partial charge in [0.25, 0.3) is 0 Å². The molecule has 2 heterocycles. The SMILES string of the molecule is NC[C@H]1CC[C@H](c2nc(-c3ncc(C(F)(F)F)cn3)no2)CC1. The molecule has 1 saturated carbocycles.